The van der Waals surface area contributed by atoms with Gasteiger partial charge in [-0.3, -0.25) is 14.0 Å². The van der Waals surface area contributed by atoms with Gasteiger partial charge in [0.15, 0.2) is 0 Å². The van der Waals surface area contributed by atoms with Crippen LogP contribution in [0.5, 0.6) is 0 Å². The zero-order valence-corrected chi connectivity index (χ0v) is 17.8. The summed E-state index contributed by atoms with van der Waals surface area (Å²) in [5, 5.41) is 5.19. The second kappa shape index (κ2) is 7.50. The number of hydrogen-bond donors (Lipinski definition) is 1. The van der Waals surface area contributed by atoms with Crippen molar-refractivity contribution in [1.29, 1.82) is 0 Å². The molecule has 0 aliphatic carbocycles. The Morgan fingerprint density at radius 1 is 1.21 bits per heavy atom. The SMILES string of the molecule is CC(CNC(=O)c1ccc2c(c1)CCN2S(C)(=O)=O)N1CCc2sccc2C1. The van der Waals surface area contributed by atoms with Crippen LogP contribution in [-0.4, -0.2) is 51.2 Å². The lowest BCUT2D eigenvalue weighted by atomic mass is 10.1. The van der Waals surface area contributed by atoms with Crippen LogP contribution in [0, 0.1) is 0 Å². The number of rotatable bonds is 5. The number of thiophene rings is 1. The molecule has 0 saturated heterocycles. The first-order valence-electron chi connectivity index (χ1n) is 9.51. The first kappa shape index (κ1) is 19.4. The predicted molar refractivity (Wildman–Crippen MR) is 113 cm³/mol. The lowest BCUT2D eigenvalue weighted by Crippen LogP contribution is -2.44. The minimum atomic E-state index is -3.27. The zero-order chi connectivity index (χ0) is 19.9. The quantitative estimate of drug-likeness (QED) is 0.807. The van der Waals surface area contributed by atoms with E-state index in [4.69, 9.17) is 0 Å². The van der Waals surface area contributed by atoms with Crippen LogP contribution < -0.4 is 9.62 Å². The van der Waals surface area contributed by atoms with Gasteiger partial charge in [-0.25, -0.2) is 8.42 Å². The highest BCUT2D eigenvalue weighted by molar-refractivity contribution is 7.92. The molecule has 1 aromatic heterocycles. The minimum Gasteiger partial charge on any atom is -0.350 e. The predicted octanol–water partition coefficient (Wildman–Crippen LogP) is 2.25. The number of amides is 1. The lowest BCUT2D eigenvalue weighted by molar-refractivity contribution is 0.0932. The monoisotopic (exact) mass is 419 g/mol. The maximum atomic E-state index is 12.6. The molecule has 8 heteroatoms. The highest BCUT2D eigenvalue weighted by Crippen LogP contribution is 2.30. The Kier molecular flexibility index (Phi) is 5.20. The fourth-order valence-corrected chi connectivity index (χ4v) is 5.82. The van der Waals surface area contributed by atoms with Crippen LogP contribution >= 0.6 is 11.3 Å². The van der Waals surface area contributed by atoms with Gasteiger partial charge in [0.2, 0.25) is 10.0 Å². The number of nitrogens with one attached hydrogen (secondary N) is 1. The van der Waals surface area contributed by atoms with Crippen LogP contribution in [0.3, 0.4) is 0 Å². The number of benzene rings is 1. The van der Waals surface area contributed by atoms with E-state index >= 15 is 0 Å². The molecule has 2 aliphatic heterocycles. The summed E-state index contributed by atoms with van der Waals surface area (Å²) in [6.07, 6.45) is 2.92. The van der Waals surface area contributed by atoms with E-state index in [1.165, 1.54) is 21.0 Å². The summed E-state index contributed by atoms with van der Waals surface area (Å²) in [5.74, 6) is -0.110. The first-order valence-corrected chi connectivity index (χ1v) is 12.2. The number of nitrogens with zero attached hydrogens (tertiary/aromatic N) is 2. The summed E-state index contributed by atoms with van der Waals surface area (Å²) in [6.45, 7) is 5.13. The van der Waals surface area contributed by atoms with Gasteiger partial charge in [0.25, 0.3) is 5.91 Å². The molecule has 3 heterocycles. The van der Waals surface area contributed by atoms with Crippen molar-refractivity contribution in [2.75, 3.05) is 30.2 Å². The van der Waals surface area contributed by atoms with Gasteiger partial charge < -0.3 is 5.32 Å². The van der Waals surface area contributed by atoms with E-state index in [0.29, 0.717) is 30.8 Å². The maximum absolute atomic E-state index is 12.6. The second-order valence-electron chi connectivity index (χ2n) is 7.58. The highest BCUT2D eigenvalue weighted by atomic mass is 32.2. The standard InChI is InChI=1S/C20H25N3O3S2/c1-14(22-8-6-19-17(13-22)7-10-27-19)12-21-20(24)16-3-4-18-15(11-16)5-9-23(18)28(2,25)26/h3-4,7,10-11,14H,5-6,8-9,12-13H2,1-2H3,(H,21,24). The molecule has 0 spiro atoms. The molecular weight excluding hydrogens is 394 g/mol. The average Bonchev–Trinajstić information content (AvgIpc) is 3.30. The molecule has 1 N–H and O–H groups in total. The average molecular weight is 420 g/mol. The van der Waals surface area contributed by atoms with Gasteiger partial charge in [-0.05, 0) is 60.5 Å². The number of sulfonamides is 1. The van der Waals surface area contributed by atoms with Crippen LogP contribution in [0.1, 0.15) is 33.3 Å². The summed E-state index contributed by atoms with van der Waals surface area (Å²) >= 11 is 1.83. The number of carbonyl (C=O) groups excluding carboxylic acids is 1. The van der Waals surface area contributed by atoms with Crippen LogP contribution in [0.4, 0.5) is 5.69 Å². The topological polar surface area (TPSA) is 69.7 Å². The van der Waals surface area contributed by atoms with E-state index < -0.39 is 10.0 Å². The maximum Gasteiger partial charge on any atom is 0.251 e. The van der Waals surface area contributed by atoms with Gasteiger partial charge in [-0.1, -0.05) is 0 Å². The molecule has 0 fully saturated rings. The number of fused-ring (bicyclic) bond motifs is 2. The molecule has 2 aromatic rings. The van der Waals surface area contributed by atoms with E-state index in [-0.39, 0.29) is 11.9 Å². The summed E-state index contributed by atoms with van der Waals surface area (Å²) in [5.41, 5.74) is 3.59. The molecule has 4 rings (SSSR count). The fraction of sp³-hybridized carbons (Fsp3) is 0.450. The highest BCUT2D eigenvalue weighted by Gasteiger charge is 2.27. The lowest BCUT2D eigenvalue weighted by Gasteiger charge is -2.32. The molecule has 6 nitrogen and oxygen atoms in total. The molecule has 0 radical (unpaired) electrons. The van der Waals surface area contributed by atoms with Crippen molar-refractivity contribution in [3.8, 4) is 0 Å². The van der Waals surface area contributed by atoms with Crippen LogP contribution in [0.2, 0.25) is 0 Å². The van der Waals surface area contributed by atoms with Crippen molar-refractivity contribution in [2.24, 2.45) is 0 Å². The normalized spacial score (nSPS) is 17.9. The van der Waals surface area contributed by atoms with Gasteiger partial charge in [0.1, 0.15) is 0 Å². The van der Waals surface area contributed by atoms with Crippen molar-refractivity contribution >= 4 is 33.0 Å². The summed E-state index contributed by atoms with van der Waals surface area (Å²) < 4.78 is 25.1. The third-order valence-electron chi connectivity index (χ3n) is 5.61. The third kappa shape index (κ3) is 3.81. The van der Waals surface area contributed by atoms with Crippen molar-refractivity contribution in [3.05, 3.63) is 51.2 Å². The molecule has 0 saturated carbocycles. The molecular formula is C20H25N3O3S2. The Morgan fingerprint density at radius 3 is 2.82 bits per heavy atom. The van der Waals surface area contributed by atoms with Crippen molar-refractivity contribution < 1.29 is 13.2 Å². The third-order valence-corrected chi connectivity index (χ3v) is 7.82. The van der Waals surface area contributed by atoms with Crippen molar-refractivity contribution in [1.82, 2.24) is 10.2 Å². The second-order valence-corrected chi connectivity index (χ2v) is 10.5. The van der Waals surface area contributed by atoms with Gasteiger partial charge in [-0.2, -0.15) is 0 Å². The molecule has 1 aromatic carbocycles. The number of hydrogen-bond acceptors (Lipinski definition) is 5. The Morgan fingerprint density at radius 2 is 2.04 bits per heavy atom. The van der Waals surface area contributed by atoms with E-state index in [1.807, 2.05) is 17.4 Å². The molecule has 150 valence electrons. The molecule has 0 bridgehead atoms. The van der Waals surface area contributed by atoms with Crippen molar-refractivity contribution in [2.45, 2.75) is 32.4 Å². The van der Waals surface area contributed by atoms with E-state index in [9.17, 15) is 13.2 Å². The Hall–Kier alpha value is -1.90. The van der Waals surface area contributed by atoms with Crippen LogP contribution in [0.25, 0.3) is 0 Å². The van der Waals surface area contributed by atoms with Crippen LogP contribution in [0.15, 0.2) is 29.6 Å². The van der Waals surface area contributed by atoms with Gasteiger partial charge in [0.05, 0.1) is 11.9 Å². The zero-order valence-electron chi connectivity index (χ0n) is 16.1. The minimum absolute atomic E-state index is 0.110. The Labute approximate surface area is 170 Å². The van der Waals surface area contributed by atoms with Gasteiger partial charge >= 0.3 is 0 Å². The fourth-order valence-electron chi connectivity index (χ4n) is 3.98. The van der Waals surface area contributed by atoms with Gasteiger partial charge in [-0.15, -0.1) is 11.3 Å². The molecule has 2 aliphatic rings. The molecule has 1 amide bonds. The van der Waals surface area contributed by atoms with E-state index in [2.05, 4.69) is 28.6 Å². The van der Waals surface area contributed by atoms with Crippen LogP contribution in [-0.2, 0) is 29.4 Å². The molecule has 1 atom stereocenters. The van der Waals surface area contributed by atoms with E-state index in [1.54, 1.807) is 12.1 Å². The first-order chi connectivity index (χ1) is 13.3. The summed E-state index contributed by atoms with van der Waals surface area (Å²) in [7, 11) is -3.27. The number of carbonyl (C=O) groups is 1. The molecule has 1 unspecified atom stereocenters. The van der Waals surface area contributed by atoms with Gasteiger partial charge in [0, 0.05) is 42.7 Å². The Bertz CT molecular complexity index is 1000. The summed E-state index contributed by atoms with van der Waals surface area (Å²) in [6, 6.07) is 7.72. The molecule has 28 heavy (non-hydrogen) atoms. The number of anilines is 1. The van der Waals surface area contributed by atoms with E-state index in [0.717, 1.165) is 25.1 Å². The summed E-state index contributed by atoms with van der Waals surface area (Å²) in [4.78, 5) is 16.5. The largest absolute Gasteiger partial charge is 0.350 e. The Balaban J connectivity index is 1.37. The van der Waals surface area contributed by atoms with Crippen molar-refractivity contribution in [3.63, 3.8) is 0 Å². The smallest absolute Gasteiger partial charge is 0.251 e.